The average Bonchev–Trinajstić information content (AvgIpc) is 2.67. The minimum absolute atomic E-state index is 0.00868. The topological polar surface area (TPSA) is 53.1 Å². The summed E-state index contributed by atoms with van der Waals surface area (Å²) < 4.78 is 5.29. The number of carbonyl (C=O) groups excluding carboxylic acids is 2. The van der Waals surface area contributed by atoms with Crippen LogP contribution in [0, 0.1) is 0 Å². The molecule has 1 fully saturated rings. The number of amides is 2. The van der Waals surface area contributed by atoms with E-state index in [9.17, 15) is 9.59 Å². The van der Waals surface area contributed by atoms with E-state index in [1.54, 1.807) is 19.3 Å². The lowest BCUT2D eigenvalue weighted by Crippen LogP contribution is -2.51. The summed E-state index contributed by atoms with van der Waals surface area (Å²) in [5, 5.41) is 0. The first-order chi connectivity index (χ1) is 12.6. The molecule has 0 N–H and O–H groups in total. The van der Waals surface area contributed by atoms with Crippen molar-refractivity contribution >= 4 is 17.9 Å². The summed E-state index contributed by atoms with van der Waals surface area (Å²) in [5.41, 5.74) is 0.881. The molecule has 1 aromatic rings. The SMILES string of the molecule is CCN(CC)C(=O)CN1CCN(C(=O)/C=C/c2ccccc2OC)CC1. The summed E-state index contributed by atoms with van der Waals surface area (Å²) in [4.78, 5) is 30.4. The highest BCUT2D eigenvalue weighted by molar-refractivity contribution is 5.92. The molecule has 0 spiro atoms. The monoisotopic (exact) mass is 359 g/mol. The summed E-state index contributed by atoms with van der Waals surface area (Å²) in [6, 6.07) is 7.60. The van der Waals surface area contributed by atoms with Crippen LogP contribution in [0.5, 0.6) is 5.75 Å². The summed E-state index contributed by atoms with van der Waals surface area (Å²) in [5.74, 6) is 0.896. The van der Waals surface area contributed by atoms with E-state index < -0.39 is 0 Å². The second-order valence-electron chi connectivity index (χ2n) is 6.24. The molecule has 1 aromatic carbocycles. The Hall–Kier alpha value is -2.34. The zero-order chi connectivity index (χ0) is 18.9. The van der Waals surface area contributed by atoms with Gasteiger partial charge in [-0.05, 0) is 26.0 Å². The Morgan fingerprint density at radius 3 is 2.38 bits per heavy atom. The molecule has 0 aliphatic carbocycles. The smallest absolute Gasteiger partial charge is 0.246 e. The van der Waals surface area contributed by atoms with Crippen molar-refractivity contribution in [2.45, 2.75) is 13.8 Å². The standard InChI is InChI=1S/C20H29N3O3/c1-4-22(5-2)20(25)16-21-12-14-23(15-13-21)19(24)11-10-17-8-6-7-9-18(17)26-3/h6-11H,4-5,12-16H2,1-3H3/b11-10+. The fourth-order valence-electron chi connectivity index (χ4n) is 3.06. The van der Waals surface area contributed by atoms with E-state index in [2.05, 4.69) is 4.90 Å². The van der Waals surface area contributed by atoms with Gasteiger partial charge in [0.2, 0.25) is 11.8 Å². The van der Waals surface area contributed by atoms with Crippen LogP contribution in [0.2, 0.25) is 0 Å². The van der Waals surface area contributed by atoms with E-state index in [0.717, 1.165) is 37.5 Å². The van der Waals surface area contributed by atoms with Crippen LogP contribution in [0.25, 0.3) is 6.08 Å². The fourth-order valence-corrected chi connectivity index (χ4v) is 3.06. The van der Waals surface area contributed by atoms with Crippen molar-refractivity contribution in [2.75, 3.05) is 52.9 Å². The molecule has 0 bridgehead atoms. The van der Waals surface area contributed by atoms with Gasteiger partial charge in [0.15, 0.2) is 0 Å². The van der Waals surface area contributed by atoms with Crippen molar-refractivity contribution in [3.8, 4) is 5.75 Å². The molecule has 1 aliphatic rings. The van der Waals surface area contributed by atoms with Crippen molar-refractivity contribution < 1.29 is 14.3 Å². The van der Waals surface area contributed by atoms with Crippen molar-refractivity contribution in [1.29, 1.82) is 0 Å². The van der Waals surface area contributed by atoms with Gasteiger partial charge in [-0.1, -0.05) is 18.2 Å². The largest absolute Gasteiger partial charge is 0.496 e. The molecule has 1 heterocycles. The molecular weight excluding hydrogens is 330 g/mol. The third-order valence-corrected chi connectivity index (χ3v) is 4.70. The highest BCUT2D eigenvalue weighted by Gasteiger charge is 2.22. The Kier molecular flexibility index (Phi) is 7.66. The predicted molar refractivity (Wildman–Crippen MR) is 103 cm³/mol. The van der Waals surface area contributed by atoms with Crippen LogP contribution in [0.4, 0.5) is 0 Å². The number of ether oxygens (including phenoxy) is 1. The number of carbonyl (C=O) groups is 2. The van der Waals surface area contributed by atoms with Crippen molar-refractivity contribution in [1.82, 2.24) is 14.7 Å². The lowest BCUT2D eigenvalue weighted by molar-refractivity contribution is -0.133. The summed E-state index contributed by atoms with van der Waals surface area (Å²) in [7, 11) is 1.62. The Labute approximate surface area is 156 Å². The van der Waals surface area contributed by atoms with Gasteiger partial charge in [-0.25, -0.2) is 0 Å². The molecule has 2 amide bonds. The summed E-state index contributed by atoms with van der Waals surface area (Å²) >= 11 is 0. The first-order valence-electron chi connectivity index (χ1n) is 9.19. The van der Waals surface area contributed by atoms with Crippen LogP contribution in [-0.2, 0) is 9.59 Å². The number of methoxy groups -OCH3 is 1. The number of hydrogen-bond donors (Lipinski definition) is 0. The molecule has 26 heavy (non-hydrogen) atoms. The molecule has 1 aliphatic heterocycles. The minimum Gasteiger partial charge on any atom is -0.496 e. The Balaban J connectivity index is 1.84. The lowest BCUT2D eigenvalue weighted by atomic mass is 10.2. The van der Waals surface area contributed by atoms with Crippen molar-refractivity contribution in [2.24, 2.45) is 0 Å². The van der Waals surface area contributed by atoms with E-state index in [1.807, 2.05) is 47.9 Å². The van der Waals surface area contributed by atoms with Gasteiger partial charge in [-0.2, -0.15) is 0 Å². The maximum Gasteiger partial charge on any atom is 0.246 e. The maximum absolute atomic E-state index is 12.4. The average molecular weight is 359 g/mol. The Morgan fingerprint density at radius 1 is 1.12 bits per heavy atom. The van der Waals surface area contributed by atoms with Crippen LogP contribution in [0.3, 0.4) is 0 Å². The summed E-state index contributed by atoms with van der Waals surface area (Å²) in [6.07, 6.45) is 3.38. The van der Waals surface area contributed by atoms with Crippen LogP contribution in [0.15, 0.2) is 30.3 Å². The van der Waals surface area contributed by atoms with Crippen molar-refractivity contribution in [3.63, 3.8) is 0 Å². The number of hydrogen-bond acceptors (Lipinski definition) is 4. The quantitative estimate of drug-likeness (QED) is 0.696. The number of piperazine rings is 1. The van der Waals surface area contributed by atoms with Gasteiger partial charge in [0.1, 0.15) is 5.75 Å². The molecular formula is C20H29N3O3. The van der Waals surface area contributed by atoms with Gasteiger partial charge in [-0.15, -0.1) is 0 Å². The summed E-state index contributed by atoms with van der Waals surface area (Å²) in [6.45, 7) is 8.62. The van der Waals surface area contributed by atoms with Crippen molar-refractivity contribution in [3.05, 3.63) is 35.9 Å². The van der Waals surface area contributed by atoms with E-state index in [4.69, 9.17) is 4.74 Å². The molecule has 0 atom stereocenters. The molecule has 0 unspecified atom stereocenters. The van der Waals surface area contributed by atoms with Gasteiger partial charge >= 0.3 is 0 Å². The lowest BCUT2D eigenvalue weighted by Gasteiger charge is -2.34. The number of rotatable bonds is 7. The highest BCUT2D eigenvalue weighted by Crippen LogP contribution is 2.18. The van der Waals surface area contributed by atoms with Crippen LogP contribution in [0.1, 0.15) is 19.4 Å². The van der Waals surface area contributed by atoms with Crippen LogP contribution in [-0.4, -0.2) is 79.4 Å². The molecule has 0 saturated carbocycles. The van der Waals surface area contributed by atoms with E-state index in [1.165, 1.54) is 0 Å². The Bertz CT molecular complexity index is 633. The van der Waals surface area contributed by atoms with E-state index in [-0.39, 0.29) is 11.8 Å². The van der Waals surface area contributed by atoms with Crippen LogP contribution >= 0.6 is 0 Å². The molecule has 0 aromatic heterocycles. The molecule has 1 saturated heterocycles. The molecule has 6 heteroatoms. The normalized spacial score (nSPS) is 15.3. The van der Waals surface area contributed by atoms with Crippen LogP contribution < -0.4 is 4.74 Å². The molecule has 142 valence electrons. The number of para-hydroxylation sites is 1. The van der Waals surface area contributed by atoms with Gasteiger partial charge < -0.3 is 14.5 Å². The highest BCUT2D eigenvalue weighted by atomic mass is 16.5. The van der Waals surface area contributed by atoms with E-state index >= 15 is 0 Å². The number of likely N-dealkylation sites (N-methyl/N-ethyl adjacent to an activating group) is 1. The molecule has 6 nitrogen and oxygen atoms in total. The zero-order valence-electron chi connectivity index (χ0n) is 16.0. The number of benzene rings is 1. The zero-order valence-corrected chi connectivity index (χ0v) is 16.0. The fraction of sp³-hybridized carbons (Fsp3) is 0.500. The van der Waals surface area contributed by atoms with Gasteiger partial charge in [0, 0.05) is 50.9 Å². The first-order valence-corrected chi connectivity index (χ1v) is 9.19. The molecule has 2 rings (SSSR count). The third-order valence-electron chi connectivity index (χ3n) is 4.70. The molecule has 0 radical (unpaired) electrons. The minimum atomic E-state index is -0.00868. The van der Waals surface area contributed by atoms with Gasteiger partial charge in [-0.3, -0.25) is 14.5 Å². The van der Waals surface area contributed by atoms with Gasteiger partial charge in [0.05, 0.1) is 13.7 Å². The second kappa shape index (κ2) is 9.97. The van der Waals surface area contributed by atoms with E-state index in [0.29, 0.717) is 19.6 Å². The Morgan fingerprint density at radius 2 is 1.77 bits per heavy atom. The predicted octanol–water partition coefficient (Wildman–Crippen LogP) is 1.72. The third kappa shape index (κ3) is 5.33. The second-order valence-corrected chi connectivity index (χ2v) is 6.24. The first kappa shape index (κ1) is 20.0. The van der Waals surface area contributed by atoms with Gasteiger partial charge in [0.25, 0.3) is 0 Å². The number of nitrogens with zero attached hydrogens (tertiary/aromatic N) is 3. The maximum atomic E-state index is 12.4.